The third-order valence-corrected chi connectivity index (χ3v) is 5.73. The quantitative estimate of drug-likeness (QED) is 0.761. The molecular formula is C22H25N5. The Labute approximate surface area is 159 Å². The smallest absolute Gasteiger partial charge is 0.156 e. The van der Waals surface area contributed by atoms with Gasteiger partial charge in [0.15, 0.2) is 5.82 Å². The molecule has 2 aromatic heterocycles. The highest BCUT2D eigenvalue weighted by Crippen LogP contribution is 2.40. The van der Waals surface area contributed by atoms with Crippen molar-refractivity contribution in [2.24, 2.45) is 0 Å². The summed E-state index contributed by atoms with van der Waals surface area (Å²) in [5.74, 6) is 1.60. The fraction of sp³-hybridized carbons (Fsp3) is 0.409. The van der Waals surface area contributed by atoms with Crippen molar-refractivity contribution in [3.63, 3.8) is 0 Å². The van der Waals surface area contributed by atoms with Crippen molar-refractivity contribution in [2.45, 2.75) is 37.6 Å². The molecule has 1 N–H and O–H groups in total. The zero-order valence-electron chi connectivity index (χ0n) is 15.7. The van der Waals surface area contributed by atoms with Crippen molar-refractivity contribution >= 4 is 16.6 Å². The molecule has 1 aliphatic carbocycles. The predicted octanol–water partition coefficient (Wildman–Crippen LogP) is 4.08. The third kappa shape index (κ3) is 3.39. The van der Waals surface area contributed by atoms with Crippen molar-refractivity contribution in [3.8, 4) is 11.4 Å². The van der Waals surface area contributed by atoms with Crippen LogP contribution in [-0.4, -0.2) is 46.3 Å². The number of aromatic nitrogens is 3. The molecule has 2 aliphatic rings. The zero-order chi connectivity index (χ0) is 18.2. The van der Waals surface area contributed by atoms with Crippen LogP contribution in [0.4, 0.5) is 5.82 Å². The SMILES string of the molecule is CN1CCC[C@@H](Nc2nnc(-c3ccc(C4CC4)cn3)c3ccccc23)C1. The second-order valence-electron chi connectivity index (χ2n) is 7.94. The molecule has 1 aliphatic heterocycles. The molecule has 0 spiro atoms. The minimum Gasteiger partial charge on any atom is -0.364 e. The first-order chi connectivity index (χ1) is 13.3. The lowest BCUT2D eigenvalue weighted by atomic mass is 10.0. The summed E-state index contributed by atoms with van der Waals surface area (Å²) in [6.07, 6.45) is 6.98. The fourth-order valence-electron chi connectivity index (χ4n) is 4.08. The maximum absolute atomic E-state index is 4.69. The average molecular weight is 359 g/mol. The molecule has 1 aromatic carbocycles. The number of likely N-dealkylation sites (tertiary alicyclic amines) is 1. The van der Waals surface area contributed by atoms with Gasteiger partial charge in [-0.3, -0.25) is 4.98 Å². The van der Waals surface area contributed by atoms with E-state index in [-0.39, 0.29) is 0 Å². The summed E-state index contributed by atoms with van der Waals surface area (Å²) in [7, 11) is 2.18. The number of nitrogens with zero attached hydrogens (tertiary/aromatic N) is 4. The number of piperidine rings is 1. The van der Waals surface area contributed by atoms with E-state index in [2.05, 4.69) is 68.8 Å². The van der Waals surface area contributed by atoms with Crippen molar-refractivity contribution in [1.82, 2.24) is 20.1 Å². The Bertz CT molecular complexity index is 949. The van der Waals surface area contributed by atoms with Crippen LogP contribution in [0, 0.1) is 0 Å². The predicted molar refractivity (Wildman–Crippen MR) is 109 cm³/mol. The standard InChI is InChI=1S/C22H25N5/c1-27-12-4-5-17(14-27)24-22-19-7-3-2-6-18(19)21(25-26-22)20-11-10-16(13-23-20)15-8-9-15/h2-3,6-7,10-11,13,15,17H,4-5,8-9,12,14H2,1H3,(H,24,26)/t17-/m1/s1. The van der Waals surface area contributed by atoms with Crippen molar-refractivity contribution in [3.05, 3.63) is 48.2 Å². The maximum atomic E-state index is 4.69. The average Bonchev–Trinajstić information content (AvgIpc) is 3.54. The Morgan fingerprint density at radius 3 is 2.59 bits per heavy atom. The topological polar surface area (TPSA) is 53.9 Å². The van der Waals surface area contributed by atoms with Crippen LogP contribution in [0.15, 0.2) is 42.6 Å². The molecule has 1 atom stereocenters. The minimum atomic E-state index is 0.420. The molecule has 27 heavy (non-hydrogen) atoms. The molecule has 3 heterocycles. The monoisotopic (exact) mass is 359 g/mol. The molecule has 5 rings (SSSR count). The fourth-order valence-corrected chi connectivity index (χ4v) is 4.08. The van der Waals surface area contributed by atoms with Gasteiger partial charge in [-0.15, -0.1) is 10.2 Å². The van der Waals surface area contributed by atoms with E-state index in [4.69, 9.17) is 0 Å². The summed E-state index contributed by atoms with van der Waals surface area (Å²) in [6.45, 7) is 2.22. The molecule has 3 aromatic rings. The highest BCUT2D eigenvalue weighted by atomic mass is 15.2. The second kappa shape index (κ2) is 6.89. The van der Waals surface area contributed by atoms with Gasteiger partial charge >= 0.3 is 0 Å². The van der Waals surface area contributed by atoms with E-state index < -0.39 is 0 Å². The largest absolute Gasteiger partial charge is 0.364 e. The molecule has 1 saturated heterocycles. The van der Waals surface area contributed by atoms with Gasteiger partial charge in [0.1, 0.15) is 5.69 Å². The number of anilines is 1. The van der Waals surface area contributed by atoms with Gasteiger partial charge in [0.25, 0.3) is 0 Å². The van der Waals surface area contributed by atoms with E-state index in [9.17, 15) is 0 Å². The molecule has 0 bridgehead atoms. The lowest BCUT2D eigenvalue weighted by Crippen LogP contribution is -2.40. The number of pyridine rings is 1. The van der Waals surface area contributed by atoms with Gasteiger partial charge in [0.2, 0.25) is 0 Å². The summed E-state index contributed by atoms with van der Waals surface area (Å²) < 4.78 is 0. The van der Waals surface area contributed by atoms with Gasteiger partial charge in [0, 0.05) is 29.6 Å². The molecule has 0 radical (unpaired) electrons. The maximum Gasteiger partial charge on any atom is 0.156 e. The van der Waals surface area contributed by atoms with Gasteiger partial charge < -0.3 is 10.2 Å². The number of hydrogen-bond acceptors (Lipinski definition) is 5. The van der Waals surface area contributed by atoms with Gasteiger partial charge in [0.05, 0.1) is 5.69 Å². The van der Waals surface area contributed by atoms with Gasteiger partial charge in [-0.1, -0.05) is 30.3 Å². The van der Waals surface area contributed by atoms with E-state index in [1.807, 2.05) is 6.20 Å². The van der Waals surface area contributed by atoms with E-state index in [1.54, 1.807) is 0 Å². The van der Waals surface area contributed by atoms with Crippen molar-refractivity contribution < 1.29 is 0 Å². The van der Waals surface area contributed by atoms with E-state index in [0.29, 0.717) is 6.04 Å². The van der Waals surface area contributed by atoms with E-state index in [1.165, 1.54) is 37.8 Å². The number of likely N-dealkylation sites (N-methyl/N-ethyl adjacent to an activating group) is 1. The molecule has 0 amide bonds. The zero-order valence-corrected chi connectivity index (χ0v) is 15.7. The molecule has 138 valence electrons. The Hall–Kier alpha value is -2.53. The normalized spacial score (nSPS) is 20.7. The molecule has 2 fully saturated rings. The van der Waals surface area contributed by atoms with Gasteiger partial charge in [-0.05, 0) is 56.8 Å². The summed E-state index contributed by atoms with van der Waals surface area (Å²) >= 11 is 0. The van der Waals surface area contributed by atoms with Crippen LogP contribution in [-0.2, 0) is 0 Å². The van der Waals surface area contributed by atoms with Crippen LogP contribution >= 0.6 is 0 Å². The van der Waals surface area contributed by atoms with Crippen LogP contribution in [0.3, 0.4) is 0 Å². The Kier molecular flexibility index (Phi) is 4.24. The molecule has 0 unspecified atom stereocenters. The summed E-state index contributed by atoms with van der Waals surface area (Å²) in [6, 6.07) is 13.1. The second-order valence-corrected chi connectivity index (χ2v) is 7.94. The number of nitrogens with one attached hydrogen (secondary N) is 1. The Morgan fingerprint density at radius 2 is 1.85 bits per heavy atom. The summed E-state index contributed by atoms with van der Waals surface area (Å²) in [4.78, 5) is 7.06. The first-order valence-corrected chi connectivity index (χ1v) is 9.95. The Morgan fingerprint density at radius 1 is 1.00 bits per heavy atom. The van der Waals surface area contributed by atoms with Crippen LogP contribution in [0.2, 0.25) is 0 Å². The van der Waals surface area contributed by atoms with Crippen LogP contribution in [0.25, 0.3) is 22.2 Å². The van der Waals surface area contributed by atoms with Crippen LogP contribution in [0.1, 0.15) is 37.2 Å². The lowest BCUT2D eigenvalue weighted by Gasteiger charge is -2.30. The van der Waals surface area contributed by atoms with E-state index >= 15 is 0 Å². The third-order valence-electron chi connectivity index (χ3n) is 5.73. The summed E-state index contributed by atoms with van der Waals surface area (Å²) in [5, 5.41) is 15.0. The number of fused-ring (bicyclic) bond motifs is 1. The molecule has 5 heteroatoms. The number of hydrogen-bond donors (Lipinski definition) is 1. The van der Waals surface area contributed by atoms with Crippen molar-refractivity contribution in [2.75, 3.05) is 25.5 Å². The number of rotatable bonds is 4. The van der Waals surface area contributed by atoms with Gasteiger partial charge in [-0.2, -0.15) is 0 Å². The Balaban J connectivity index is 1.49. The highest BCUT2D eigenvalue weighted by Gasteiger charge is 2.24. The highest BCUT2D eigenvalue weighted by molar-refractivity contribution is 5.99. The van der Waals surface area contributed by atoms with Crippen LogP contribution < -0.4 is 5.32 Å². The van der Waals surface area contributed by atoms with Crippen molar-refractivity contribution in [1.29, 1.82) is 0 Å². The lowest BCUT2D eigenvalue weighted by molar-refractivity contribution is 0.261. The first kappa shape index (κ1) is 16.6. The minimum absolute atomic E-state index is 0.420. The van der Waals surface area contributed by atoms with E-state index in [0.717, 1.165) is 40.4 Å². The summed E-state index contributed by atoms with van der Waals surface area (Å²) in [5.41, 5.74) is 3.10. The number of benzene rings is 1. The molecular weight excluding hydrogens is 334 g/mol. The van der Waals surface area contributed by atoms with Gasteiger partial charge in [-0.25, -0.2) is 0 Å². The first-order valence-electron chi connectivity index (χ1n) is 9.95. The molecule has 1 saturated carbocycles. The molecule has 5 nitrogen and oxygen atoms in total. The van der Waals surface area contributed by atoms with Crippen LogP contribution in [0.5, 0.6) is 0 Å².